The lowest BCUT2D eigenvalue weighted by Crippen LogP contribution is -2.38. The Labute approximate surface area is 125 Å². The number of amides is 1. The van der Waals surface area contributed by atoms with Crippen LogP contribution in [0.4, 0.5) is 0 Å². The van der Waals surface area contributed by atoms with Gasteiger partial charge >= 0.3 is 5.97 Å². The summed E-state index contributed by atoms with van der Waals surface area (Å²) in [6, 6.07) is 6.66. The van der Waals surface area contributed by atoms with Crippen LogP contribution >= 0.6 is 0 Å². The summed E-state index contributed by atoms with van der Waals surface area (Å²) in [5, 5.41) is 9.00. The quantitative estimate of drug-likeness (QED) is 0.900. The summed E-state index contributed by atoms with van der Waals surface area (Å²) >= 11 is 0. The molecule has 1 fully saturated rings. The first-order valence-electron chi connectivity index (χ1n) is 7.43. The van der Waals surface area contributed by atoms with Crippen LogP contribution in [0.2, 0.25) is 0 Å². The van der Waals surface area contributed by atoms with Gasteiger partial charge in [0.25, 0.3) is 5.91 Å². The number of carbonyl (C=O) groups excluding carboxylic acids is 1. The molecule has 0 spiro atoms. The Hall–Kier alpha value is -1.88. The Morgan fingerprint density at radius 3 is 2.57 bits per heavy atom. The first-order chi connectivity index (χ1) is 10.1. The monoisotopic (exact) mass is 290 g/mol. The number of benzene rings is 1. The second-order valence-electron chi connectivity index (χ2n) is 5.30. The summed E-state index contributed by atoms with van der Waals surface area (Å²) in [5.41, 5.74) is 0.607. The predicted molar refractivity (Wildman–Crippen MR) is 80.6 cm³/mol. The zero-order chi connectivity index (χ0) is 15.4. The number of nitrogens with zero attached hydrogens (tertiary/aromatic N) is 2. The molecular weight excluding hydrogens is 268 g/mol. The third kappa shape index (κ3) is 3.42. The fourth-order valence-electron chi connectivity index (χ4n) is 2.93. The summed E-state index contributed by atoms with van der Waals surface area (Å²) < 4.78 is 0. The van der Waals surface area contributed by atoms with E-state index in [1.165, 1.54) is 12.1 Å². The van der Waals surface area contributed by atoms with Gasteiger partial charge in [0.05, 0.1) is 5.56 Å². The molecular formula is C16H22N2O3. The average Bonchev–Trinajstić information content (AvgIpc) is 2.97. The number of aromatic carboxylic acids is 1. The largest absolute Gasteiger partial charge is 0.478 e. The molecule has 2 rings (SSSR count). The minimum atomic E-state index is -1.01. The van der Waals surface area contributed by atoms with E-state index < -0.39 is 5.97 Å². The van der Waals surface area contributed by atoms with Crippen LogP contribution in [0.1, 0.15) is 41.0 Å². The zero-order valence-electron chi connectivity index (χ0n) is 12.6. The highest BCUT2D eigenvalue weighted by molar-refractivity contribution is 5.97. The molecule has 5 nitrogen and oxygen atoms in total. The van der Waals surface area contributed by atoms with Crippen molar-refractivity contribution in [2.75, 3.05) is 26.2 Å². The van der Waals surface area contributed by atoms with E-state index in [-0.39, 0.29) is 11.5 Å². The summed E-state index contributed by atoms with van der Waals surface area (Å²) in [6.07, 6.45) is 0.978. The maximum Gasteiger partial charge on any atom is 0.335 e. The van der Waals surface area contributed by atoms with E-state index in [0.717, 1.165) is 32.6 Å². The van der Waals surface area contributed by atoms with E-state index in [9.17, 15) is 9.59 Å². The minimum Gasteiger partial charge on any atom is -0.478 e. The van der Waals surface area contributed by atoms with Gasteiger partial charge in [-0.1, -0.05) is 19.9 Å². The van der Waals surface area contributed by atoms with Gasteiger partial charge in [0, 0.05) is 24.7 Å². The minimum absolute atomic E-state index is 0.0762. The third-order valence-electron chi connectivity index (χ3n) is 4.14. The fourth-order valence-corrected chi connectivity index (χ4v) is 2.93. The number of hydrogen-bond donors (Lipinski definition) is 1. The molecule has 5 heteroatoms. The first kappa shape index (κ1) is 15.5. The average molecular weight is 290 g/mol. The van der Waals surface area contributed by atoms with Crippen LogP contribution in [0, 0.1) is 0 Å². The van der Waals surface area contributed by atoms with Crippen molar-refractivity contribution in [1.29, 1.82) is 0 Å². The highest BCUT2D eigenvalue weighted by atomic mass is 16.4. The van der Waals surface area contributed by atoms with Gasteiger partial charge in [-0.25, -0.2) is 4.79 Å². The fraction of sp³-hybridized carbons (Fsp3) is 0.500. The maximum atomic E-state index is 12.5. The Kier molecular flexibility index (Phi) is 4.96. The van der Waals surface area contributed by atoms with Crippen molar-refractivity contribution >= 4 is 11.9 Å². The van der Waals surface area contributed by atoms with Crippen molar-refractivity contribution in [2.45, 2.75) is 26.3 Å². The van der Waals surface area contributed by atoms with E-state index in [4.69, 9.17) is 5.11 Å². The zero-order valence-corrected chi connectivity index (χ0v) is 12.6. The molecule has 1 heterocycles. The van der Waals surface area contributed by atoms with Gasteiger partial charge in [0.2, 0.25) is 0 Å². The molecule has 0 bridgehead atoms. The number of rotatable bonds is 5. The van der Waals surface area contributed by atoms with Crippen molar-refractivity contribution < 1.29 is 14.7 Å². The summed E-state index contributed by atoms with van der Waals surface area (Å²) in [7, 11) is 0. The molecule has 1 unspecified atom stereocenters. The lowest BCUT2D eigenvalue weighted by molar-refractivity contribution is 0.0697. The summed E-state index contributed by atoms with van der Waals surface area (Å²) in [5.74, 6) is -1.08. The topological polar surface area (TPSA) is 60.9 Å². The molecule has 1 aliphatic heterocycles. The van der Waals surface area contributed by atoms with Gasteiger partial charge in [-0.3, -0.25) is 9.69 Å². The highest BCUT2D eigenvalue weighted by Gasteiger charge is 2.29. The van der Waals surface area contributed by atoms with Crippen LogP contribution in [0.5, 0.6) is 0 Å². The summed E-state index contributed by atoms with van der Waals surface area (Å²) in [4.78, 5) is 27.7. The Morgan fingerprint density at radius 1 is 1.29 bits per heavy atom. The number of likely N-dealkylation sites (N-methyl/N-ethyl adjacent to an activating group) is 1. The Balaban J connectivity index is 2.08. The smallest absolute Gasteiger partial charge is 0.335 e. The second-order valence-corrected chi connectivity index (χ2v) is 5.30. The Bertz CT molecular complexity index is 526. The van der Waals surface area contributed by atoms with Crippen molar-refractivity contribution in [3.8, 4) is 0 Å². The lowest BCUT2D eigenvalue weighted by atomic mass is 10.1. The standard InChI is InChI=1S/C16H22N2O3/c1-3-17(4-2)14-8-9-18(11-14)15(19)12-6-5-7-13(10-12)16(20)21/h5-7,10,14H,3-4,8-9,11H2,1-2H3,(H,20,21). The maximum absolute atomic E-state index is 12.5. The molecule has 1 N–H and O–H groups in total. The highest BCUT2D eigenvalue weighted by Crippen LogP contribution is 2.18. The van der Waals surface area contributed by atoms with Crippen LogP contribution in [-0.4, -0.2) is 59.0 Å². The van der Waals surface area contributed by atoms with Crippen molar-refractivity contribution in [2.24, 2.45) is 0 Å². The molecule has 1 saturated heterocycles. The van der Waals surface area contributed by atoms with E-state index >= 15 is 0 Å². The van der Waals surface area contributed by atoms with E-state index in [2.05, 4.69) is 18.7 Å². The molecule has 0 aliphatic carbocycles. The molecule has 0 saturated carbocycles. The number of hydrogen-bond acceptors (Lipinski definition) is 3. The van der Waals surface area contributed by atoms with Crippen LogP contribution in [0.15, 0.2) is 24.3 Å². The van der Waals surface area contributed by atoms with Crippen LogP contribution in [0.3, 0.4) is 0 Å². The van der Waals surface area contributed by atoms with Crippen LogP contribution < -0.4 is 0 Å². The SMILES string of the molecule is CCN(CC)C1CCN(C(=O)c2cccc(C(=O)O)c2)C1. The lowest BCUT2D eigenvalue weighted by Gasteiger charge is -2.26. The van der Waals surface area contributed by atoms with Gasteiger partial charge in [-0.05, 0) is 37.7 Å². The van der Waals surface area contributed by atoms with E-state index in [1.54, 1.807) is 12.1 Å². The normalized spacial score (nSPS) is 18.2. The molecule has 1 aromatic carbocycles. The predicted octanol–water partition coefficient (Wildman–Crippen LogP) is 1.94. The van der Waals surface area contributed by atoms with Gasteiger partial charge in [0.15, 0.2) is 0 Å². The number of likely N-dealkylation sites (tertiary alicyclic amines) is 1. The van der Waals surface area contributed by atoms with Gasteiger partial charge < -0.3 is 10.0 Å². The molecule has 0 aromatic heterocycles. The third-order valence-corrected chi connectivity index (χ3v) is 4.14. The second kappa shape index (κ2) is 6.72. The molecule has 1 amide bonds. The van der Waals surface area contributed by atoms with E-state index in [0.29, 0.717) is 11.6 Å². The van der Waals surface area contributed by atoms with Crippen molar-refractivity contribution in [3.05, 3.63) is 35.4 Å². The summed E-state index contributed by atoms with van der Waals surface area (Å²) in [6.45, 7) is 7.68. The van der Waals surface area contributed by atoms with Crippen molar-refractivity contribution in [1.82, 2.24) is 9.80 Å². The molecule has 1 atom stereocenters. The van der Waals surface area contributed by atoms with Crippen molar-refractivity contribution in [3.63, 3.8) is 0 Å². The van der Waals surface area contributed by atoms with Gasteiger partial charge in [-0.2, -0.15) is 0 Å². The first-order valence-corrected chi connectivity index (χ1v) is 7.43. The van der Waals surface area contributed by atoms with E-state index in [1.807, 2.05) is 4.90 Å². The number of carbonyl (C=O) groups is 2. The Morgan fingerprint density at radius 2 is 1.95 bits per heavy atom. The van der Waals surface area contributed by atoms with Gasteiger partial charge in [0.1, 0.15) is 0 Å². The number of carboxylic acids is 1. The number of carboxylic acid groups (broad SMARTS) is 1. The molecule has 1 aliphatic rings. The van der Waals surface area contributed by atoms with Crippen LogP contribution in [0.25, 0.3) is 0 Å². The van der Waals surface area contributed by atoms with Crippen LogP contribution in [-0.2, 0) is 0 Å². The molecule has 114 valence electrons. The van der Waals surface area contributed by atoms with Gasteiger partial charge in [-0.15, -0.1) is 0 Å². The molecule has 21 heavy (non-hydrogen) atoms. The molecule has 0 radical (unpaired) electrons. The molecule has 1 aromatic rings.